The van der Waals surface area contributed by atoms with Crippen molar-refractivity contribution in [1.29, 1.82) is 0 Å². The SMILES string of the molecule is CCCC[NH+](CCC=C(c1ccccc1)c1ccccc1)CCCC.[I-]. The molecule has 0 aliphatic rings. The number of quaternary nitrogens is 1. The lowest BCUT2D eigenvalue weighted by Gasteiger charge is -2.19. The number of benzene rings is 2. The highest BCUT2D eigenvalue weighted by Gasteiger charge is 2.08. The van der Waals surface area contributed by atoms with Gasteiger partial charge in [0, 0.05) is 6.42 Å². The van der Waals surface area contributed by atoms with Crippen molar-refractivity contribution in [2.24, 2.45) is 0 Å². The largest absolute Gasteiger partial charge is 1.00 e. The van der Waals surface area contributed by atoms with Crippen molar-refractivity contribution in [1.82, 2.24) is 0 Å². The first-order valence-electron chi connectivity index (χ1n) is 9.99. The molecule has 2 aromatic rings. The molecule has 0 heterocycles. The summed E-state index contributed by atoms with van der Waals surface area (Å²) in [4.78, 5) is 1.76. The van der Waals surface area contributed by atoms with E-state index >= 15 is 0 Å². The van der Waals surface area contributed by atoms with Crippen LogP contribution in [0.15, 0.2) is 66.7 Å². The Hall–Kier alpha value is -1.13. The molecular formula is C24H34IN. The first-order valence-corrected chi connectivity index (χ1v) is 9.99. The molecule has 2 aromatic carbocycles. The molecule has 0 bridgehead atoms. The van der Waals surface area contributed by atoms with Crippen molar-refractivity contribution in [3.05, 3.63) is 77.9 Å². The second-order valence-corrected chi connectivity index (χ2v) is 6.85. The summed E-state index contributed by atoms with van der Waals surface area (Å²) >= 11 is 0. The monoisotopic (exact) mass is 463 g/mol. The van der Waals surface area contributed by atoms with Crippen LogP contribution < -0.4 is 28.9 Å². The molecule has 0 saturated heterocycles. The summed E-state index contributed by atoms with van der Waals surface area (Å²) in [6.45, 7) is 8.45. The standard InChI is InChI=1S/C24H33N.HI/c1-3-5-19-25(20-6-4-2)21-13-18-24(22-14-9-7-10-15-22)23-16-11-8-12-17-23;/h7-12,14-18H,3-6,13,19-21H2,1-2H3;1H. The number of halogens is 1. The van der Waals surface area contributed by atoms with Crippen molar-refractivity contribution >= 4 is 5.57 Å². The summed E-state index contributed by atoms with van der Waals surface area (Å²) in [5, 5.41) is 0. The van der Waals surface area contributed by atoms with E-state index < -0.39 is 0 Å². The maximum atomic E-state index is 2.45. The van der Waals surface area contributed by atoms with Crippen molar-refractivity contribution in [3.63, 3.8) is 0 Å². The summed E-state index contributed by atoms with van der Waals surface area (Å²) in [6, 6.07) is 21.6. The molecule has 142 valence electrons. The quantitative estimate of drug-likeness (QED) is 0.487. The Morgan fingerprint density at radius 2 is 1.19 bits per heavy atom. The van der Waals surface area contributed by atoms with E-state index in [1.807, 2.05) is 0 Å². The number of unbranched alkanes of at least 4 members (excludes halogenated alkanes) is 2. The molecule has 0 saturated carbocycles. The van der Waals surface area contributed by atoms with Crippen LogP contribution in [0.5, 0.6) is 0 Å². The van der Waals surface area contributed by atoms with Crippen LogP contribution in [-0.4, -0.2) is 19.6 Å². The Balaban J connectivity index is 0.00000338. The molecule has 0 aromatic heterocycles. The summed E-state index contributed by atoms with van der Waals surface area (Å²) < 4.78 is 0. The molecule has 0 fully saturated rings. The van der Waals surface area contributed by atoms with E-state index in [0.29, 0.717) is 0 Å². The van der Waals surface area contributed by atoms with E-state index in [9.17, 15) is 0 Å². The van der Waals surface area contributed by atoms with Gasteiger partial charge < -0.3 is 28.9 Å². The molecular weight excluding hydrogens is 429 g/mol. The zero-order valence-electron chi connectivity index (χ0n) is 16.4. The summed E-state index contributed by atoms with van der Waals surface area (Å²) in [5.74, 6) is 0. The number of nitrogens with one attached hydrogen (secondary N) is 1. The fourth-order valence-electron chi connectivity index (χ4n) is 3.29. The predicted molar refractivity (Wildman–Crippen MR) is 110 cm³/mol. The topological polar surface area (TPSA) is 4.44 Å². The molecule has 0 unspecified atom stereocenters. The fraction of sp³-hybridized carbons (Fsp3) is 0.417. The third-order valence-corrected chi connectivity index (χ3v) is 4.78. The lowest BCUT2D eigenvalue weighted by molar-refractivity contribution is -0.900. The van der Waals surface area contributed by atoms with Crippen LogP contribution >= 0.6 is 0 Å². The van der Waals surface area contributed by atoms with E-state index in [1.165, 1.54) is 62.0 Å². The summed E-state index contributed by atoms with van der Waals surface area (Å²) in [7, 11) is 0. The number of rotatable bonds is 11. The molecule has 0 amide bonds. The maximum absolute atomic E-state index is 2.45. The minimum Gasteiger partial charge on any atom is -1.00 e. The average Bonchev–Trinajstić information content (AvgIpc) is 2.68. The first kappa shape index (κ1) is 22.9. The third kappa shape index (κ3) is 8.05. The lowest BCUT2D eigenvalue weighted by Crippen LogP contribution is -3.12. The van der Waals surface area contributed by atoms with E-state index in [-0.39, 0.29) is 24.0 Å². The zero-order valence-corrected chi connectivity index (χ0v) is 18.5. The Kier molecular flexibility index (Phi) is 12.3. The van der Waals surface area contributed by atoms with Crippen LogP contribution in [-0.2, 0) is 0 Å². The summed E-state index contributed by atoms with van der Waals surface area (Å²) in [6.07, 6.45) is 8.86. The molecule has 1 N–H and O–H groups in total. The minimum absolute atomic E-state index is 0. The highest BCUT2D eigenvalue weighted by molar-refractivity contribution is 5.79. The van der Waals surface area contributed by atoms with Gasteiger partial charge in [0.2, 0.25) is 0 Å². The van der Waals surface area contributed by atoms with E-state index in [0.717, 1.165) is 6.42 Å². The van der Waals surface area contributed by atoms with Gasteiger partial charge in [0.1, 0.15) is 0 Å². The van der Waals surface area contributed by atoms with Gasteiger partial charge in [-0.05, 0) is 29.5 Å². The Labute approximate surface area is 177 Å². The van der Waals surface area contributed by atoms with Gasteiger partial charge in [-0.1, -0.05) is 93.4 Å². The lowest BCUT2D eigenvalue weighted by atomic mass is 9.97. The predicted octanol–water partition coefficient (Wildman–Crippen LogP) is 2.00. The smallest absolute Gasteiger partial charge is 0.0806 e. The van der Waals surface area contributed by atoms with Crippen molar-refractivity contribution < 1.29 is 28.9 Å². The van der Waals surface area contributed by atoms with E-state index in [4.69, 9.17) is 0 Å². The molecule has 0 spiro atoms. The van der Waals surface area contributed by atoms with Crippen molar-refractivity contribution in [3.8, 4) is 0 Å². The maximum Gasteiger partial charge on any atom is 0.0806 e. The van der Waals surface area contributed by atoms with Crippen molar-refractivity contribution in [2.75, 3.05) is 19.6 Å². The molecule has 0 radical (unpaired) electrons. The summed E-state index contributed by atoms with van der Waals surface area (Å²) in [5.41, 5.74) is 4.00. The Morgan fingerprint density at radius 1 is 0.731 bits per heavy atom. The van der Waals surface area contributed by atoms with Gasteiger partial charge in [-0.25, -0.2) is 0 Å². The van der Waals surface area contributed by atoms with Gasteiger partial charge >= 0.3 is 0 Å². The van der Waals surface area contributed by atoms with E-state index in [1.54, 1.807) is 4.90 Å². The number of hydrogen-bond acceptors (Lipinski definition) is 0. The molecule has 0 aliphatic heterocycles. The van der Waals surface area contributed by atoms with Gasteiger partial charge in [0.05, 0.1) is 19.6 Å². The van der Waals surface area contributed by atoms with Crippen LogP contribution in [0.25, 0.3) is 5.57 Å². The third-order valence-electron chi connectivity index (χ3n) is 4.78. The van der Waals surface area contributed by atoms with Gasteiger partial charge in [0.15, 0.2) is 0 Å². The average molecular weight is 463 g/mol. The highest BCUT2D eigenvalue weighted by atomic mass is 127. The molecule has 26 heavy (non-hydrogen) atoms. The molecule has 0 atom stereocenters. The van der Waals surface area contributed by atoms with Gasteiger partial charge in [0.25, 0.3) is 0 Å². The number of hydrogen-bond donors (Lipinski definition) is 1. The van der Waals surface area contributed by atoms with Gasteiger partial charge in [-0.3, -0.25) is 0 Å². The van der Waals surface area contributed by atoms with Crippen LogP contribution in [0, 0.1) is 0 Å². The zero-order chi connectivity index (χ0) is 17.7. The van der Waals surface area contributed by atoms with Gasteiger partial charge in [-0.15, -0.1) is 0 Å². The van der Waals surface area contributed by atoms with Crippen LogP contribution in [0.1, 0.15) is 57.1 Å². The highest BCUT2D eigenvalue weighted by Crippen LogP contribution is 2.23. The molecule has 2 heteroatoms. The molecule has 1 nitrogen and oxygen atoms in total. The second-order valence-electron chi connectivity index (χ2n) is 6.85. The van der Waals surface area contributed by atoms with Crippen LogP contribution in [0.4, 0.5) is 0 Å². The Morgan fingerprint density at radius 3 is 1.62 bits per heavy atom. The normalized spacial score (nSPS) is 10.4. The van der Waals surface area contributed by atoms with Gasteiger partial charge in [-0.2, -0.15) is 0 Å². The molecule has 0 aliphatic carbocycles. The fourth-order valence-corrected chi connectivity index (χ4v) is 3.29. The minimum atomic E-state index is 0. The molecule has 2 rings (SSSR count). The van der Waals surface area contributed by atoms with Crippen LogP contribution in [0.2, 0.25) is 0 Å². The van der Waals surface area contributed by atoms with Crippen LogP contribution in [0.3, 0.4) is 0 Å². The van der Waals surface area contributed by atoms with Crippen molar-refractivity contribution in [2.45, 2.75) is 46.0 Å². The second kappa shape index (κ2) is 14.0. The first-order chi connectivity index (χ1) is 12.3. The van der Waals surface area contributed by atoms with E-state index in [2.05, 4.69) is 80.6 Å². The Bertz CT molecular complexity index is 557.